The molecule has 0 radical (unpaired) electrons. The van der Waals surface area contributed by atoms with Crippen LogP contribution in [-0.4, -0.2) is 21.3 Å². The van der Waals surface area contributed by atoms with Gasteiger partial charge in [0.25, 0.3) is 0 Å². The Labute approximate surface area is 120 Å². The van der Waals surface area contributed by atoms with E-state index < -0.39 is 5.97 Å². The van der Waals surface area contributed by atoms with E-state index in [0.717, 1.165) is 16.5 Å². The molecule has 0 saturated heterocycles. The summed E-state index contributed by atoms with van der Waals surface area (Å²) >= 11 is 0. The Morgan fingerprint density at radius 1 is 1.24 bits per heavy atom. The van der Waals surface area contributed by atoms with Gasteiger partial charge in [0.15, 0.2) is 0 Å². The number of carbonyl (C=O) groups is 1. The number of benzene rings is 2. The zero-order valence-corrected chi connectivity index (χ0v) is 11.1. The number of nitrogens with zero attached hydrogens (tertiary/aromatic N) is 1. The third-order valence-electron chi connectivity index (χ3n) is 3.38. The molecule has 0 saturated carbocycles. The van der Waals surface area contributed by atoms with Crippen molar-refractivity contribution in [2.45, 2.75) is 12.8 Å². The molecule has 1 aromatic heterocycles. The molecule has 0 atom stereocenters. The van der Waals surface area contributed by atoms with Crippen molar-refractivity contribution in [1.82, 2.24) is 10.2 Å². The molecule has 3 rings (SSSR count). The number of fused-ring (bicyclic) bond motifs is 1. The summed E-state index contributed by atoms with van der Waals surface area (Å²) < 4.78 is 13.9. The number of nitrogens with one attached hydrogen (secondary N) is 1. The second-order valence-corrected chi connectivity index (χ2v) is 4.83. The van der Waals surface area contributed by atoms with Gasteiger partial charge in [-0.25, -0.2) is 4.39 Å². The molecule has 2 aromatic carbocycles. The van der Waals surface area contributed by atoms with Gasteiger partial charge < -0.3 is 5.11 Å². The lowest BCUT2D eigenvalue weighted by Crippen LogP contribution is -1.97. The molecule has 0 fully saturated rings. The minimum absolute atomic E-state index is 0.0678. The molecular formula is C16H13FN2O2. The van der Waals surface area contributed by atoms with Crippen LogP contribution < -0.4 is 0 Å². The second-order valence-electron chi connectivity index (χ2n) is 4.83. The summed E-state index contributed by atoms with van der Waals surface area (Å²) in [5, 5.41) is 16.6. The summed E-state index contributed by atoms with van der Waals surface area (Å²) in [4.78, 5) is 10.7. The molecule has 2 N–H and O–H groups in total. The summed E-state index contributed by atoms with van der Waals surface area (Å²) in [6, 6.07) is 12.0. The molecule has 3 aromatic rings. The van der Waals surface area contributed by atoms with E-state index >= 15 is 0 Å². The normalized spacial score (nSPS) is 10.9. The van der Waals surface area contributed by atoms with E-state index in [-0.39, 0.29) is 12.2 Å². The third-order valence-corrected chi connectivity index (χ3v) is 3.38. The van der Waals surface area contributed by atoms with Crippen molar-refractivity contribution in [3.05, 3.63) is 53.8 Å². The molecule has 1 heterocycles. The maximum absolute atomic E-state index is 13.9. The van der Waals surface area contributed by atoms with Crippen molar-refractivity contribution in [3.8, 4) is 11.3 Å². The highest BCUT2D eigenvalue weighted by molar-refractivity contribution is 5.93. The van der Waals surface area contributed by atoms with Crippen molar-refractivity contribution < 1.29 is 14.3 Å². The number of H-pyrrole nitrogens is 1. The van der Waals surface area contributed by atoms with Gasteiger partial charge in [-0.2, -0.15) is 5.10 Å². The van der Waals surface area contributed by atoms with Crippen LogP contribution in [-0.2, 0) is 11.2 Å². The number of hydrogen-bond acceptors (Lipinski definition) is 2. The fraction of sp³-hybridized carbons (Fsp3) is 0.125. The Hall–Kier alpha value is -2.69. The fourth-order valence-electron chi connectivity index (χ4n) is 2.33. The van der Waals surface area contributed by atoms with E-state index in [2.05, 4.69) is 10.2 Å². The number of hydrogen-bond donors (Lipinski definition) is 2. The molecule has 0 spiro atoms. The van der Waals surface area contributed by atoms with Crippen molar-refractivity contribution >= 4 is 16.9 Å². The second kappa shape index (κ2) is 5.36. The average molecular weight is 284 g/mol. The van der Waals surface area contributed by atoms with Crippen molar-refractivity contribution in [2.75, 3.05) is 0 Å². The minimum atomic E-state index is -0.836. The van der Waals surface area contributed by atoms with E-state index in [9.17, 15) is 9.18 Å². The first-order valence-electron chi connectivity index (χ1n) is 6.59. The van der Waals surface area contributed by atoms with E-state index in [1.807, 2.05) is 18.2 Å². The summed E-state index contributed by atoms with van der Waals surface area (Å²) in [5.41, 5.74) is 2.66. The van der Waals surface area contributed by atoms with Crippen molar-refractivity contribution in [2.24, 2.45) is 0 Å². The van der Waals surface area contributed by atoms with Gasteiger partial charge in [0, 0.05) is 17.4 Å². The van der Waals surface area contributed by atoms with Crippen molar-refractivity contribution in [3.63, 3.8) is 0 Å². The van der Waals surface area contributed by atoms with Crippen LogP contribution in [0.1, 0.15) is 12.0 Å². The van der Waals surface area contributed by atoms with E-state index in [1.165, 1.54) is 6.07 Å². The van der Waals surface area contributed by atoms with E-state index in [4.69, 9.17) is 5.11 Å². The van der Waals surface area contributed by atoms with Gasteiger partial charge in [-0.05, 0) is 36.2 Å². The van der Waals surface area contributed by atoms with Crippen LogP contribution in [0.3, 0.4) is 0 Å². The molecule has 4 nitrogen and oxygen atoms in total. The molecule has 106 valence electrons. The van der Waals surface area contributed by atoms with Gasteiger partial charge in [0.05, 0.1) is 5.52 Å². The van der Waals surface area contributed by atoms with Gasteiger partial charge in [-0.1, -0.05) is 18.2 Å². The predicted molar refractivity (Wildman–Crippen MR) is 77.4 cm³/mol. The lowest BCUT2D eigenvalue weighted by atomic mass is 10.0. The topological polar surface area (TPSA) is 66.0 Å². The van der Waals surface area contributed by atoms with Crippen LogP contribution in [0.4, 0.5) is 4.39 Å². The van der Waals surface area contributed by atoms with Crippen molar-refractivity contribution in [1.29, 1.82) is 0 Å². The zero-order chi connectivity index (χ0) is 14.8. The first kappa shape index (κ1) is 13.3. The molecular weight excluding hydrogens is 271 g/mol. The molecule has 0 amide bonds. The van der Waals surface area contributed by atoms with Gasteiger partial charge in [-0.15, -0.1) is 0 Å². The highest BCUT2D eigenvalue weighted by Crippen LogP contribution is 2.29. The Balaban J connectivity index is 2.06. The lowest BCUT2D eigenvalue weighted by molar-refractivity contribution is -0.136. The smallest absolute Gasteiger partial charge is 0.303 e. The zero-order valence-electron chi connectivity index (χ0n) is 11.1. The number of aliphatic carboxylic acids is 1. The van der Waals surface area contributed by atoms with Gasteiger partial charge in [-0.3, -0.25) is 9.89 Å². The molecule has 0 aliphatic carbocycles. The first-order chi connectivity index (χ1) is 10.1. The first-order valence-corrected chi connectivity index (χ1v) is 6.59. The number of carboxylic acids is 1. The van der Waals surface area contributed by atoms with Crippen LogP contribution in [0.2, 0.25) is 0 Å². The van der Waals surface area contributed by atoms with E-state index in [1.54, 1.807) is 18.2 Å². The highest BCUT2D eigenvalue weighted by atomic mass is 19.1. The number of aromatic amines is 1. The SMILES string of the molecule is O=C(O)CCc1ccc2[nH]nc(-c3ccccc3F)c2c1. The quantitative estimate of drug-likeness (QED) is 0.771. The molecule has 21 heavy (non-hydrogen) atoms. The van der Waals surface area contributed by atoms with Crippen LogP contribution in [0.15, 0.2) is 42.5 Å². The Bertz CT molecular complexity index is 811. The summed E-state index contributed by atoms with van der Waals surface area (Å²) in [6.45, 7) is 0. The molecule has 0 unspecified atom stereocenters. The third kappa shape index (κ3) is 2.63. The van der Waals surface area contributed by atoms with Gasteiger partial charge in [0.1, 0.15) is 11.5 Å². The largest absolute Gasteiger partial charge is 0.481 e. The van der Waals surface area contributed by atoms with Crippen LogP contribution in [0.25, 0.3) is 22.2 Å². The number of carboxylic acid groups (broad SMARTS) is 1. The number of aryl methyl sites for hydroxylation is 1. The van der Waals surface area contributed by atoms with E-state index in [0.29, 0.717) is 17.7 Å². The average Bonchev–Trinajstić information content (AvgIpc) is 2.88. The number of aromatic nitrogens is 2. The maximum Gasteiger partial charge on any atom is 0.303 e. The predicted octanol–water partition coefficient (Wildman–Crippen LogP) is 3.39. The maximum atomic E-state index is 13.9. The monoisotopic (exact) mass is 284 g/mol. The number of halogens is 1. The fourth-order valence-corrected chi connectivity index (χ4v) is 2.33. The molecule has 5 heteroatoms. The summed E-state index contributed by atoms with van der Waals surface area (Å²) in [7, 11) is 0. The van der Waals surface area contributed by atoms with Crippen LogP contribution >= 0.6 is 0 Å². The minimum Gasteiger partial charge on any atom is -0.481 e. The lowest BCUT2D eigenvalue weighted by Gasteiger charge is -2.02. The number of rotatable bonds is 4. The van der Waals surface area contributed by atoms with Crippen LogP contribution in [0, 0.1) is 5.82 Å². The molecule has 0 aliphatic rings. The standard InChI is InChI=1S/C16H13FN2O2/c17-13-4-2-1-3-11(13)16-12-9-10(6-8-15(20)21)5-7-14(12)18-19-16/h1-5,7,9H,6,8H2,(H,18,19)(H,20,21). The molecule has 0 bridgehead atoms. The van der Waals surface area contributed by atoms with Gasteiger partial charge >= 0.3 is 5.97 Å². The Kier molecular flexibility index (Phi) is 3.39. The van der Waals surface area contributed by atoms with Crippen LogP contribution in [0.5, 0.6) is 0 Å². The Morgan fingerprint density at radius 3 is 2.81 bits per heavy atom. The van der Waals surface area contributed by atoms with Gasteiger partial charge in [0.2, 0.25) is 0 Å². The molecule has 0 aliphatic heterocycles. The summed E-state index contributed by atoms with van der Waals surface area (Å²) in [6.07, 6.45) is 0.506. The Morgan fingerprint density at radius 2 is 2.05 bits per heavy atom. The summed E-state index contributed by atoms with van der Waals surface area (Å²) in [5.74, 6) is -1.17. The highest BCUT2D eigenvalue weighted by Gasteiger charge is 2.12.